The molecular weight excluding hydrogens is 454 g/mol. The number of rotatable bonds is 9. The fourth-order valence-electron chi connectivity index (χ4n) is 3.36. The first-order chi connectivity index (χ1) is 15.2. The minimum atomic E-state index is -3.92. The summed E-state index contributed by atoms with van der Waals surface area (Å²) in [6, 6.07) is 5.56. The molecule has 2 heterocycles. The normalized spacial score (nSPS) is 12.0. The van der Waals surface area contributed by atoms with Crippen LogP contribution in [0.1, 0.15) is 31.0 Å². The largest absolute Gasteiger partial charge is 0.497 e. The Morgan fingerprint density at radius 2 is 2.09 bits per heavy atom. The molecule has 3 aromatic rings. The lowest BCUT2D eigenvalue weighted by molar-refractivity contribution is -0.114. The summed E-state index contributed by atoms with van der Waals surface area (Å²) in [7, 11) is -0.551. The number of hydrogen-bond donors (Lipinski definition) is 2. The van der Waals surface area contributed by atoms with E-state index in [2.05, 4.69) is 9.82 Å². The highest BCUT2D eigenvalue weighted by molar-refractivity contribution is 7.88. The zero-order valence-electron chi connectivity index (χ0n) is 18.3. The van der Waals surface area contributed by atoms with Gasteiger partial charge in [0.15, 0.2) is 0 Å². The topological polar surface area (TPSA) is 107 Å². The van der Waals surface area contributed by atoms with E-state index < -0.39 is 16.1 Å². The Hall–Kier alpha value is -2.82. The third-order valence-electron chi connectivity index (χ3n) is 4.89. The molecule has 9 nitrogen and oxygen atoms in total. The summed E-state index contributed by atoms with van der Waals surface area (Å²) >= 11 is 6.44. The number of amides is 1. The van der Waals surface area contributed by atoms with E-state index in [4.69, 9.17) is 16.3 Å². The first-order valence-electron chi connectivity index (χ1n) is 10.0. The molecule has 2 N–H and O–H groups in total. The molecule has 3 rings (SSSR count). The van der Waals surface area contributed by atoms with Crippen LogP contribution in [0.4, 0.5) is 0 Å². The Kier molecular flexibility index (Phi) is 7.27. The molecule has 1 amide bonds. The van der Waals surface area contributed by atoms with Gasteiger partial charge in [-0.3, -0.25) is 14.0 Å². The van der Waals surface area contributed by atoms with E-state index in [1.165, 1.54) is 12.2 Å². The van der Waals surface area contributed by atoms with Crippen molar-refractivity contribution < 1.29 is 17.9 Å². The van der Waals surface area contributed by atoms with Gasteiger partial charge in [0.25, 0.3) is 5.91 Å². The molecule has 0 aliphatic carbocycles. The third kappa shape index (κ3) is 5.14. The van der Waals surface area contributed by atoms with Crippen molar-refractivity contribution in [1.82, 2.24) is 23.8 Å². The van der Waals surface area contributed by atoms with Gasteiger partial charge in [-0.15, -0.1) is 0 Å². The van der Waals surface area contributed by atoms with Gasteiger partial charge in [0.2, 0.25) is 0 Å². The van der Waals surface area contributed by atoms with Crippen molar-refractivity contribution >= 4 is 44.7 Å². The first-order valence-corrected chi connectivity index (χ1v) is 11.9. The van der Waals surface area contributed by atoms with Crippen LogP contribution in [0, 0.1) is 6.92 Å². The minimum Gasteiger partial charge on any atom is -0.497 e. The van der Waals surface area contributed by atoms with E-state index in [-0.39, 0.29) is 6.54 Å². The molecule has 0 atom stereocenters. The predicted octanol–water partition coefficient (Wildman–Crippen LogP) is 3.10. The van der Waals surface area contributed by atoms with Gasteiger partial charge in [0, 0.05) is 42.9 Å². The van der Waals surface area contributed by atoms with Crippen molar-refractivity contribution in [3.05, 3.63) is 46.8 Å². The van der Waals surface area contributed by atoms with Gasteiger partial charge < -0.3 is 4.74 Å². The lowest BCUT2D eigenvalue weighted by Gasteiger charge is -2.09. The van der Waals surface area contributed by atoms with Crippen molar-refractivity contribution in [2.75, 3.05) is 13.7 Å². The van der Waals surface area contributed by atoms with Gasteiger partial charge in [0.1, 0.15) is 11.6 Å². The van der Waals surface area contributed by atoms with Crippen LogP contribution in [0.25, 0.3) is 22.8 Å². The van der Waals surface area contributed by atoms with E-state index in [0.717, 1.165) is 17.3 Å². The molecule has 0 aliphatic heterocycles. The summed E-state index contributed by atoms with van der Waals surface area (Å²) in [4.78, 5) is 12.2. The molecule has 1 aromatic carbocycles. The highest BCUT2D eigenvalue weighted by atomic mass is 35.5. The Balaban J connectivity index is 1.95. The smallest absolute Gasteiger partial charge is 0.301 e. The molecule has 0 fully saturated rings. The average Bonchev–Trinajstić information content (AvgIpc) is 3.20. The Morgan fingerprint density at radius 1 is 1.34 bits per heavy atom. The number of nitrogens with one attached hydrogen (secondary N) is 2. The van der Waals surface area contributed by atoms with Crippen LogP contribution in [0.15, 0.2) is 30.5 Å². The number of carbonyl (C=O) groups excluding carboxylic acids is 1. The molecule has 0 saturated carbocycles. The van der Waals surface area contributed by atoms with Crippen LogP contribution in [0.3, 0.4) is 0 Å². The van der Waals surface area contributed by atoms with E-state index >= 15 is 0 Å². The number of unbranched alkanes of at least 4 members (excludes halogenated alkanes) is 1. The summed E-state index contributed by atoms with van der Waals surface area (Å²) in [6.45, 7) is 4.01. The van der Waals surface area contributed by atoms with Gasteiger partial charge in [-0.1, -0.05) is 24.9 Å². The number of benzene rings is 1. The third-order valence-corrected chi connectivity index (χ3v) is 6.24. The van der Waals surface area contributed by atoms with E-state index in [9.17, 15) is 13.2 Å². The lowest BCUT2D eigenvalue weighted by Crippen LogP contribution is -2.39. The van der Waals surface area contributed by atoms with E-state index in [1.807, 2.05) is 34.4 Å². The molecule has 172 valence electrons. The zero-order chi connectivity index (χ0) is 23.5. The molecule has 0 aliphatic rings. The van der Waals surface area contributed by atoms with Crippen molar-refractivity contribution in [2.24, 2.45) is 7.05 Å². The molecule has 0 radical (unpaired) electrons. The Labute approximate surface area is 192 Å². The Morgan fingerprint density at radius 3 is 2.78 bits per heavy atom. The van der Waals surface area contributed by atoms with Crippen LogP contribution in [-0.2, 0) is 22.1 Å². The molecule has 0 unspecified atom stereocenters. The van der Waals surface area contributed by atoms with Crippen molar-refractivity contribution in [3.8, 4) is 11.6 Å². The maximum atomic E-state index is 12.2. The summed E-state index contributed by atoms with van der Waals surface area (Å²) in [6.07, 6.45) is 5.99. The van der Waals surface area contributed by atoms with Gasteiger partial charge in [0.05, 0.1) is 23.3 Å². The molecular formula is C21H26ClN5O4S. The summed E-state index contributed by atoms with van der Waals surface area (Å²) in [5.74, 6) is 0.575. The van der Waals surface area contributed by atoms with Crippen molar-refractivity contribution in [1.29, 1.82) is 0 Å². The predicted molar refractivity (Wildman–Crippen MR) is 125 cm³/mol. The molecule has 0 spiro atoms. The maximum absolute atomic E-state index is 12.2. The second kappa shape index (κ2) is 9.76. The summed E-state index contributed by atoms with van der Waals surface area (Å²) in [5.41, 5.74) is 2.12. The highest BCUT2D eigenvalue weighted by Crippen LogP contribution is 2.33. The van der Waals surface area contributed by atoms with Crippen LogP contribution in [0.5, 0.6) is 5.75 Å². The summed E-state index contributed by atoms with van der Waals surface area (Å²) < 4.78 is 37.1. The van der Waals surface area contributed by atoms with E-state index in [0.29, 0.717) is 34.3 Å². The monoisotopic (exact) mass is 479 g/mol. The number of carbonyl (C=O) groups is 1. The minimum absolute atomic E-state index is 0.264. The molecule has 0 bridgehead atoms. The second-order valence-corrected chi connectivity index (χ2v) is 9.13. The van der Waals surface area contributed by atoms with Crippen LogP contribution in [0.2, 0.25) is 5.02 Å². The number of nitrogens with zero attached hydrogens (tertiary/aromatic N) is 3. The van der Waals surface area contributed by atoms with Crippen molar-refractivity contribution in [3.63, 3.8) is 0 Å². The fourth-order valence-corrected chi connectivity index (χ4v) is 4.43. The second-order valence-electron chi connectivity index (χ2n) is 7.23. The summed E-state index contributed by atoms with van der Waals surface area (Å²) in [5, 5.41) is 5.85. The van der Waals surface area contributed by atoms with Gasteiger partial charge in [-0.25, -0.2) is 4.72 Å². The van der Waals surface area contributed by atoms with Crippen LogP contribution >= 0.6 is 11.6 Å². The maximum Gasteiger partial charge on any atom is 0.301 e. The van der Waals surface area contributed by atoms with Gasteiger partial charge >= 0.3 is 10.2 Å². The number of methoxy groups -OCH3 is 1. The quantitative estimate of drug-likeness (QED) is 0.362. The van der Waals surface area contributed by atoms with Crippen LogP contribution < -0.4 is 14.2 Å². The number of aryl methyl sites for hydroxylation is 2. The Bertz CT molecular complexity index is 1280. The van der Waals surface area contributed by atoms with Crippen molar-refractivity contribution in [2.45, 2.75) is 26.7 Å². The van der Waals surface area contributed by atoms with Gasteiger partial charge in [-0.2, -0.15) is 18.2 Å². The lowest BCUT2D eigenvalue weighted by atomic mass is 10.2. The molecule has 2 aromatic heterocycles. The first kappa shape index (κ1) is 23.8. The molecule has 32 heavy (non-hydrogen) atoms. The van der Waals surface area contributed by atoms with Crippen LogP contribution in [-0.4, -0.2) is 42.3 Å². The van der Waals surface area contributed by atoms with E-state index in [1.54, 1.807) is 32.0 Å². The van der Waals surface area contributed by atoms with Gasteiger partial charge in [-0.05, 0) is 31.6 Å². The number of halogens is 1. The number of ether oxygens (including phenoxy) is 1. The fraction of sp³-hybridized carbons (Fsp3) is 0.333. The zero-order valence-corrected chi connectivity index (χ0v) is 19.9. The standard InChI is InChI=1S/C21H26ClN5O4S/c1-5-6-11-23-32(29,30)25-20(28)10-9-16-14(2)24-26(3)21(16)27-13-18(22)17-8-7-15(31-4)12-19(17)27/h7-10,12-13,23H,5-6,11H2,1-4H3,(H,25,28). The molecule has 11 heteroatoms. The number of hydrogen-bond acceptors (Lipinski definition) is 5. The highest BCUT2D eigenvalue weighted by Gasteiger charge is 2.18. The molecule has 0 saturated heterocycles. The number of aromatic nitrogens is 3. The average molecular weight is 480 g/mol. The SMILES string of the molecule is CCCCNS(=O)(=O)NC(=O)C=Cc1c(C)nn(C)c1-n1cc(Cl)c2ccc(OC)cc21. The number of fused-ring (bicyclic) bond motifs is 1.